The van der Waals surface area contributed by atoms with Gasteiger partial charge in [0.2, 0.25) is 0 Å². The summed E-state index contributed by atoms with van der Waals surface area (Å²) in [5.41, 5.74) is 7.54. The number of aromatic nitrogens is 2. The first-order valence-electron chi connectivity index (χ1n) is 5.75. The van der Waals surface area contributed by atoms with Gasteiger partial charge in [-0.05, 0) is 11.6 Å². The minimum absolute atomic E-state index is 0.274. The minimum Gasteiger partial charge on any atom is -0.383 e. The molecule has 0 unspecified atom stereocenters. The number of rotatable bonds is 5. The number of hydrogen-bond donors (Lipinski definition) is 1. The molecule has 0 fully saturated rings. The smallest absolute Gasteiger partial charge is 0.131 e. The molecular formula is C13H16FN3O. The summed E-state index contributed by atoms with van der Waals surface area (Å²) in [7, 11) is 1.63. The Labute approximate surface area is 105 Å². The first-order chi connectivity index (χ1) is 8.74. The predicted molar refractivity (Wildman–Crippen MR) is 67.4 cm³/mol. The Hall–Kier alpha value is -1.72. The van der Waals surface area contributed by atoms with E-state index in [-0.39, 0.29) is 5.82 Å². The third-order valence-electron chi connectivity index (χ3n) is 2.74. The van der Waals surface area contributed by atoms with Gasteiger partial charge in [0.15, 0.2) is 0 Å². The quantitative estimate of drug-likeness (QED) is 0.879. The van der Waals surface area contributed by atoms with Crippen LogP contribution in [-0.2, 0) is 17.8 Å². The second-order valence-corrected chi connectivity index (χ2v) is 4.00. The summed E-state index contributed by atoms with van der Waals surface area (Å²) in [4.78, 5) is 0. The van der Waals surface area contributed by atoms with Gasteiger partial charge < -0.3 is 10.5 Å². The van der Waals surface area contributed by atoms with E-state index < -0.39 is 0 Å². The van der Waals surface area contributed by atoms with E-state index in [0.717, 1.165) is 11.1 Å². The van der Waals surface area contributed by atoms with Crippen molar-refractivity contribution in [2.75, 3.05) is 13.7 Å². The van der Waals surface area contributed by atoms with E-state index >= 15 is 0 Å². The van der Waals surface area contributed by atoms with Gasteiger partial charge >= 0.3 is 0 Å². The monoisotopic (exact) mass is 249 g/mol. The maximum Gasteiger partial charge on any atom is 0.131 e. The van der Waals surface area contributed by atoms with Crippen LogP contribution in [0.1, 0.15) is 5.56 Å². The van der Waals surface area contributed by atoms with Crippen molar-refractivity contribution >= 4 is 0 Å². The van der Waals surface area contributed by atoms with Crippen LogP contribution >= 0.6 is 0 Å². The molecule has 2 N–H and O–H groups in total. The normalized spacial score (nSPS) is 10.8. The Bertz CT molecular complexity index is 525. The molecule has 4 nitrogen and oxygen atoms in total. The average molecular weight is 249 g/mol. The molecule has 1 aromatic carbocycles. The molecule has 0 radical (unpaired) electrons. The lowest BCUT2D eigenvalue weighted by Gasteiger charge is -2.03. The van der Waals surface area contributed by atoms with Gasteiger partial charge in [-0.3, -0.25) is 4.68 Å². The van der Waals surface area contributed by atoms with Crippen LogP contribution in [0.5, 0.6) is 0 Å². The Kier molecular flexibility index (Phi) is 4.07. The fourth-order valence-corrected chi connectivity index (χ4v) is 1.73. The van der Waals surface area contributed by atoms with Gasteiger partial charge in [0.25, 0.3) is 0 Å². The second kappa shape index (κ2) is 5.75. The summed E-state index contributed by atoms with van der Waals surface area (Å²) in [6, 6.07) is 5.02. The van der Waals surface area contributed by atoms with Crippen molar-refractivity contribution in [1.29, 1.82) is 0 Å². The predicted octanol–water partition coefficient (Wildman–Crippen LogP) is 1.79. The molecule has 0 aliphatic rings. The molecule has 0 amide bonds. The van der Waals surface area contributed by atoms with Crippen LogP contribution < -0.4 is 5.73 Å². The molecule has 0 aliphatic carbocycles. The minimum atomic E-state index is -0.274. The van der Waals surface area contributed by atoms with Crippen LogP contribution in [0.2, 0.25) is 0 Å². The van der Waals surface area contributed by atoms with Gasteiger partial charge in [0, 0.05) is 31.0 Å². The first kappa shape index (κ1) is 12.7. The highest BCUT2D eigenvalue weighted by Crippen LogP contribution is 2.23. The van der Waals surface area contributed by atoms with Gasteiger partial charge in [-0.2, -0.15) is 5.10 Å². The van der Waals surface area contributed by atoms with Gasteiger partial charge in [0.05, 0.1) is 19.3 Å². The van der Waals surface area contributed by atoms with E-state index in [9.17, 15) is 4.39 Å². The number of methoxy groups -OCH3 is 1. The number of nitrogens with two attached hydrogens (primary N) is 1. The Balaban J connectivity index is 2.23. The fourth-order valence-electron chi connectivity index (χ4n) is 1.73. The van der Waals surface area contributed by atoms with Crippen molar-refractivity contribution in [3.63, 3.8) is 0 Å². The van der Waals surface area contributed by atoms with E-state index in [1.165, 1.54) is 6.07 Å². The zero-order valence-corrected chi connectivity index (χ0v) is 10.3. The van der Waals surface area contributed by atoms with Crippen LogP contribution in [0, 0.1) is 5.82 Å². The molecule has 5 heteroatoms. The molecule has 2 rings (SSSR count). The van der Waals surface area contributed by atoms with E-state index in [1.54, 1.807) is 30.3 Å². The van der Waals surface area contributed by atoms with Gasteiger partial charge in [-0.15, -0.1) is 0 Å². The molecule has 96 valence electrons. The fraction of sp³-hybridized carbons (Fsp3) is 0.308. The summed E-state index contributed by atoms with van der Waals surface area (Å²) in [6.45, 7) is 1.57. The van der Waals surface area contributed by atoms with Crippen LogP contribution in [0.3, 0.4) is 0 Å². The van der Waals surface area contributed by atoms with Crippen molar-refractivity contribution in [2.24, 2.45) is 5.73 Å². The van der Waals surface area contributed by atoms with Crippen LogP contribution in [0.15, 0.2) is 30.6 Å². The van der Waals surface area contributed by atoms with Crippen molar-refractivity contribution in [1.82, 2.24) is 9.78 Å². The number of benzene rings is 1. The third-order valence-corrected chi connectivity index (χ3v) is 2.74. The average Bonchev–Trinajstić information content (AvgIpc) is 2.84. The van der Waals surface area contributed by atoms with E-state index in [1.807, 2.05) is 6.07 Å². The molecule has 0 saturated heterocycles. The maximum absolute atomic E-state index is 13.9. The van der Waals surface area contributed by atoms with Crippen molar-refractivity contribution in [3.8, 4) is 11.1 Å². The summed E-state index contributed by atoms with van der Waals surface area (Å²) in [5.74, 6) is -0.274. The third kappa shape index (κ3) is 2.75. The molecule has 18 heavy (non-hydrogen) atoms. The van der Waals surface area contributed by atoms with E-state index in [4.69, 9.17) is 10.5 Å². The van der Waals surface area contributed by atoms with Crippen molar-refractivity contribution < 1.29 is 9.13 Å². The lowest BCUT2D eigenvalue weighted by Crippen LogP contribution is -2.03. The summed E-state index contributed by atoms with van der Waals surface area (Å²) < 4.78 is 20.6. The number of hydrogen-bond acceptors (Lipinski definition) is 3. The van der Waals surface area contributed by atoms with Gasteiger partial charge in [-0.1, -0.05) is 12.1 Å². The summed E-state index contributed by atoms with van der Waals surface area (Å²) in [5, 5.41) is 4.16. The molecule has 2 aromatic rings. The standard InChI is InChI=1S/C13H16FN3O/c1-18-5-4-17-9-11(8-16-17)12-3-2-10(7-15)6-13(12)14/h2-3,6,8-9H,4-5,7,15H2,1H3. The lowest BCUT2D eigenvalue weighted by atomic mass is 10.1. The van der Waals surface area contributed by atoms with Crippen LogP contribution in [0.25, 0.3) is 11.1 Å². The largest absolute Gasteiger partial charge is 0.383 e. The van der Waals surface area contributed by atoms with Crippen LogP contribution in [0.4, 0.5) is 4.39 Å². The Morgan fingerprint density at radius 1 is 1.44 bits per heavy atom. The summed E-state index contributed by atoms with van der Waals surface area (Å²) >= 11 is 0. The molecule has 1 heterocycles. The highest BCUT2D eigenvalue weighted by Gasteiger charge is 2.08. The molecule has 0 saturated carbocycles. The number of nitrogens with zero attached hydrogens (tertiary/aromatic N) is 2. The summed E-state index contributed by atoms with van der Waals surface area (Å²) in [6.07, 6.45) is 3.45. The number of halogens is 1. The van der Waals surface area contributed by atoms with E-state index in [2.05, 4.69) is 5.10 Å². The zero-order valence-electron chi connectivity index (χ0n) is 10.3. The number of ether oxygens (including phenoxy) is 1. The van der Waals surface area contributed by atoms with Crippen molar-refractivity contribution in [2.45, 2.75) is 13.1 Å². The molecule has 0 spiro atoms. The second-order valence-electron chi connectivity index (χ2n) is 4.00. The lowest BCUT2D eigenvalue weighted by molar-refractivity contribution is 0.183. The van der Waals surface area contributed by atoms with Crippen LogP contribution in [-0.4, -0.2) is 23.5 Å². The molecule has 0 aliphatic heterocycles. The molecule has 0 bridgehead atoms. The topological polar surface area (TPSA) is 53.1 Å². The highest BCUT2D eigenvalue weighted by molar-refractivity contribution is 5.62. The Morgan fingerprint density at radius 3 is 2.94 bits per heavy atom. The highest BCUT2D eigenvalue weighted by atomic mass is 19.1. The van der Waals surface area contributed by atoms with Gasteiger partial charge in [-0.25, -0.2) is 4.39 Å². The molecular weight excluding hydrogens is 233 g/mol. The molecule has 1 aromatic heterocycles. The SMILES string of the molecule is COCCn1cc(-c2ccc(CN)cc2F)cn1. The van der Waals surface area contributed by atoms with Crippen molar-refractivity contribution in [3.05, 3.63) is 42.0 Å². The van der Waals surface area contributed by atoms with Gasteiger partial charge in [0.1, 0.15) is 5.82 Å². The Morgan fingerprint density at radius 2 is 2.28 bits per heavy atom. The first-order valence-corrected chi connectivity index (χ1v) is 5.75. The maximum atomic E-state index is 13.9. The van der Waals surface area contributed by atoms with E-state index in [0.29, 0.717) is 25.3 Å². The molecule has 0 atom stereocenters. The zero-order chi connectivity index (χ0) is 13.0.